The number of rotatable bonds is 3. The van der Waals surface area contributed by atoms with Crippen LogP contribution in [0.4, 0.5) is 5.95 Å². The molecule has 1 amide bonds. The van der Waals surface area contributed by atoms with Gasteiger partial charge < -0.3 is 14.7 Å². The number of hydrogen-bond acceptors (Lipinski definition) is 5. The first-order valence-corrected chi connectivity index (χ1v) is 7.82. The molecule has 2 aliphatic rings. The van der Waals surface area contributed by atoms with Gasteiger partial charge in [0.15, 0.2) is 0 Å². The molecule has 0 aliphatic carbocycles. The number of anilines is 1. The fraction of sp³-hybridized carbons (Fsp3) is 0.786. The summed E-state index contributed by atoms with van der Waals surface area (Å²) in [6, 6.07) is 0.429. The topological polar surface area (TPSA) is 68.4 Å². The van der Waals surface area contributed by atoms with E-state index in [9.17, 15) is 4.79 Å². The van der Waals surface area contributed by atoms with E-state index in [4.69, 9.17) is 0 Å². The van der Waals surface area contributed by atoms with Gasteiger partial charge in [-0.15, -0.1) is 0 Å². The molecule has 1 atom stereocenters. The minimum atomic E-state index is 0.297. The van der Waals surface area contributed by atoms with Crippen molar-refractivity contribution in [3.63, 3.8) is 0 Å². The van der Waals surface area contributed by atoms with Crippen LogP contribution in [0.3, 0.4) is 0 Å². The highest BCUT2D eigenvalue weighted by molar-refractivity contribution is 5.77. The van der Waals surface area contributed by atoms with Gasteiger partial charge in [0.25, 0.3) is 0 Å². The lowest BCUT2D eigenvalue weighted by atomic mass is 9.99. The van der Waals surface area contributed by atoms with Crippen LogP contribution in [0.1, 0.15) is 25.7 Å². The number of nitrogens with one attached hydrogen (secondary N) is 1. The molecule has 0 saturated carbocycles. The minimum absolute atomic E-state index is 0.297. The van der Waals surface area contributed by atoms with E-state index in [1.54, 1.807) is 0 Å². The zero-order valence-electron chi connectivity index (χ0n) is 12.7. The molecule has 21 heavy (non-hydrogen) atoms. The second-order valence-corrected chi connectivity index (χ2v) is 6.01. The van der Waals surface area contributed by atoms with E-state index in [1.165, 1.54) is 19.2 Å². The van der Waals surface area contributed by atoms with Gasteiger partial charge in [-0.05, 0) is 26.4 Å². The van der Waals surface area contributed by atoms with E-state index >= 15 is 0 Å². The molecule has 1 aromatic heterocycles. The summed E-state index contributed by atoms with van der Waals surface area (Å²) in [5, 5.41) is 6.75. The highest BCUT2D eigenvalue weighted by Gasteiger charge is 2.27. The van der Waals surface area contributed by atoms with Crippen molar-refractivity contribution < 1.29 is 4.79 Å². The maximum absolute atomic E-state index is 12.5. The summed E-state index contributed by atoms with van der Waals surface area (Å²) in [5.41, 5.74) is 0. The van der Waals surface area contributed by atoms with Crippen LogP contribution in [0.25, 0.3) is 0 Å². The Bertz CT molecular complexity index is 454. The average Bonchev–Trinajstić information content (AvgIpc) is 3.04. The van der Waals surface area contributed by atoms with E-state index in [0.29, 0.717) is 18.4 Å². The van der Waals surface area contributed by atoms with Crippen LogP contribution in [0, 0.1) is 0 Å². The number of hydrogen-bond donors (Lipinski definition) is 1. The van der Waals surface area contributed by atoms with E-state index in [2.05, 4.69) is 32.0 Å². The number of nitrogens with zero attached hydrogens (tertiary/aromatic N) is 5. The summed E-state index contributed by atoms with van der Waals surface area (Å²) in [7, 11) is 2.14. The van der Waals surface area contributed by atoms with E-state index in [-0.39, 0.29) is 0 Å². The lowest BCUT2D eigenvalue weighted by Gasteiger charge is -2.37. The van der Waals surface area contributed by atoms with Gasteiger partial charge in [0.05, 0.1) is 0 Å². The highest BCUT2D eigenvalue weighted by Crippen LogP contribution is 2.19. The SMILES string of the molecule is CN1CCCC[C@@H]1CC(=O)N1CCN(c2ncn[nH]2)CC1. The molecule has 1 N–H and O–H groups in total. The average molecular weight is 292 g/mol. The molecule has 7 heteroatoms. The third-order valence-electron chi connectivity index (χ3n) is 4.67. The summed E-state index contributed by atoms with van der Waals surface area (Å²) in [5.74, 6) is 1.10. The van der Waals surface area contributed by atoms with Crippen molar-refractivity contribution in [3.05, 3.63) is 6.33 Å². The Kier molecular flexibility index (Phi) is 4.38. The van der Waals surface area contributed by atoms with Crippen LogP contribution in [0.5, 0.6) is 0 Å². The van der Waals surface area contributed by atoms with Crippen LogP contribution in [-0.4, -0.2) is 76.7 Å². The monoisotopic (exact) mass is 292 g/mol. The Balaban J connectivity index is 1.48. The normalized spacial score (nSPS) is 24.3. The van der Waals surface area contributed by atoms with Gasteiger partial charge in [0, 0.05) is 38.6 Å². The quantitative estimate of drug-likeness (QED) is 0.869. The zero-order chi connectivity index (χ0) is 14.7. The molecular formula is C14H24N6O. The maximum Gasteiger partial charge on any atom is 0.224 e. The molecule has 0 unspecified atom stereocenters. The molecule has 3 heterocycles. The smallest absolute Gasteiger partial charge is 0.224 e. The van der Waals surface area contributed by atoms with E-state index < -0.39 is 0 Å². The molecule has 2 aliphatic heterocycles. The Morgan fingerprint density at radius 2 is 2.10 bits per heavy atom. The lowest BCUT2D eigenvalue weighted by Crippen LogP contribution is -2.50. The highest BCUT2D eigenvalue weighted by atomic mass is 16.2. The van der Waals surface area contributed by atoms with Gasteiger partial charge in [-0.25, -0.2) is 5.10 Å². The molecule has 2 saturated heterocycles. The van der Waals surface area contributed by atoms with Gasteiger partial charge in [-0.1, -0.05) is 6.42 Å². The van der Waals surface area contributed by atoms with Gasteiger partial charge in [0.2, 0.25) is 11.9 Å². The molecule has 0 bridgehead atoms. The molecular weight excluding hydrogens is 268 g/mol. The van der Waals surface area contributed by atoms with Crippen molar-refractivity contribution in [2.24, 2.45) is 0 Å². The number of carbonyl (C=O) groups is 1. The van der Waals surface area contributed by atoms with Crippen LogP contribution in [0.15, 0.2) is 6.33 Å². The molecule has 0 radical (unpaired) electrons. The summed E-state index contributed by atoms with van der Waals surface area (Å²) in [6.45, 7) is 4.31. The van der Waals surface area contributed by atoms with Crippen molar-refractivity contribution in [1.29, 1.82) is 0 Å². The first-order valence-electron chi connectivity index (χ1n) is 7.82. The lowest BCUT2D eigenvalue weighted by molar-refractivity contribution is -0.133. The van der Waals surface area contributed by atoms with Crippen molar-refractivity contribution in [2.45, 2.75) is 31.7 Å². The van der Waals surface area contributed by atoms with Crippen LogP contribution in [-0.2, 0) is 4.79 Å². The predicted octanol–water partition coefficient (Wildman–Crippen LogP) is 0.328. The number of aromatic nitrogens is 3. The second-order valence-electron chi connectivity index (χ2n) is 6.01. The van der Waals surface area contributed by atoms with Gasteiger partial charge in [-0.2, -0.15) is 10.1 Å². The van der Waals surface area contributed by atoms with Crippen LogP contribution < -0.4 is 4.90 Å². The predicted molar refractivity (Wildman–Crippen MR) is 80.1 cm³/mol. The molecule has 0 spiro atoms. The molecule has 3 rings (SSSR count). The first-order chi connectivity index (χ1) is 10.2. The Hall–Kier alpha value is -1.63. The minimum Gasteiger partial charge on any atom is -0.339 e. The number of piperazine rings is 1. The number of likely N-dealkylation sites (tertiary alicyclic amines) is 1. The Labute approximate surface area is 125 Å². The van der Waals surface area contributed by atoms with Crippen molar-refractivity contribution in [1.82, 2.24) is 25.0 Å². The fourth-order valence-electron chi connectivity index (χ4n) is 3.25. The molecule has 2 fully saturated rings. The molecule has 7 nitrogen and oxygen atoms in total. The maximum atomic E-state index is 12.5. The van der Waals surface area contributed by atoms with Crippen molar-refractivity contribution >= 4 is 11.9 Å². The van der Waals surface area contributed by atoms with Gasteiger partial charge >= 0.3 is 0 Å². The fourth-order valence-corrected chi connectivity index (χ4v) is 3.25. The number of aromatic amines is 1. The number of H-pyrrole nitrogens is 1. The summed E-state index contributed by atoms with van der Waals surface area (Å²) >= 11 is 0. The second kappa shape index (κ2) is 6.43. The summed E-state index contributed by atoms with van der Waals surface area (Å²) < 4.78 is 0. The Morgan fingerprint density at radius 1 is 1.29 bits per heavy atom. The third kappa shape index (κ3) is 3.34. The molecule has 0 aromatic carbocycles. The summed E-state index contributed by atoms with van der Waals surface area (Å²) in [6.07, 6.45) is 5.85. The summed E-state index contributed by atoms with van der Waals surface area (Å²) in [4.78, 5) is 23.1. The van der Waals surface area contributed by atoms with E-state index in [0.717, 1.165) is 45.1 Å². The van der Waals surface area contributed by atoms with Crippen molar-refractivity contribution in [3.8, 4) is 0 Å². The molecule has 116 valence electrons. The number of piperidine rings is 1. The van der Waals surface area contributed by atoms with Crippen LogP contribution >= 0.6 is 0 Å². The largest absolute Gasteiger partial charge is 0.339 e. The molecule has 1 aromatic rings. The van der Waals surface area contributed by atoms with E-state index in [1.807, 2.05) is 4.90 Å². The Morgan fingerprint density at radius 3 is 2.76 bits per heavy atom. The zero-order valence-corrected chi connectivity index (χ0v) is 12.7. The standard InChI is InChI=1S/C14H24N6O/c1-18-5-3-2-4-12(18)10-13(21)19-6-8-20(9-7-19)14-15-11-16-17-14/h11-12H,2-10H2,1H3,(H,15,16,17)/t12-/m1/s1. The van der Waals surface area contributed by atoms with Gasteiger partial charge in [0.1, 0.15) is 6.33 Å². The van der Waals surface area contributed by atoms with Crippen molar-refractivity contribution in [2.75, 3.05) is 44.7 Å². The number of carbonyl (C=O) groups excluding carboxylic acids is 1. The number of amides is 1. The van der Waals surface area contributed by atoms with Crippen LogP contribution in [0.2, 0.25) is 0 Å². The van der Waals surface area contributed by atoms with Gasteiger partial charge in [-0.3, -0.25) is 4.79 Å². The first kappa shape index (κ1) is 14.3. The third-order valence-corrected chi connectivity index (χ3v) is 4.67.